The summed E-state index contributed by atoms with van der Waals surface area (Å²) in [6, 6.07) is 0. The Bertz CT molecular complexity index is 243. The molecule has 3 nitrogen and oxygen atoms in total. The van der Waals surface area contributed by atoms with Crippen molar-refractivity contribution in [2.24, 2.45) is 5.92 Å². The van der Waals surface area contributed by atoms with Crippen LogP contribution in [0.15, 0.2) is 0 Å². The van der Waals surface area contributed by atoms with Gasteiger partial charge in [-0.3, -0.25) is 0 Å². The van der Waals surface area contributed by atoms with Crippen LogP contribution in [0.4, 0.5) is 0 Å². The topological polar surface area (TPSA) is 46.2 Å². The van der Waals surface area contributed by atoms with Crippen molar-refractivity contribution in [3.63, 3.8) is 0 Å². The molecule has 0 unspecified atom stereocenters. The lowest BCUT2D eigenvalue weighted by Crippen LogP contribution is -2.27. The van der Waals surface area contributed by atoms with Gasteiger partial charge < -0.3 is 0 Å². The van der Waals surface area contributed by atoms with Crippen molar-refractivity contribution in [3.8, 4) is 0 Å². The summed E-state index contributed by atoms with van der Waals surface area (Å²) in [4.78, 5) is 0. The Labute approximate surface area is 87.3 Å². The summed E-state index contributed by atoms with van der Waals surface area (Å²) in [5, 5.41) is 0. The summed E-state index contributed by atoms with van der Waals surface area (Å²) in [5.41, 5.74) is 0. The fraction of sp³-hybridized carbons (Fsp3) is 1.00. The number of rotatable bonds is 5. The van der Waals surface area contributed by atoms with Crippen LogP contribution in [-0.2, 0) is 10.0 Å². The van der Waals surface area contributed by atoms with Gasteiger partial charge in [-0.2, -0.15) is 0 Å². The second kappa shape index (κ2) is 5.71. The molecule has 0 saturated heterocycles. The summed E-state index contributed by atoms with van der Waals surface area (Å²) in [6.45, 7) is 2.30. The smallest absolute Gasteiger partial charge is 0.211 e. The van der Waals surface area contributed by atoms with Crippen LogP contribution >= 0.6 is 0 Å². The van der Waals surface area contributed by atoms with Gasteiger partial charge in [0.1, 0.15) is 0 Å². The van der Waals surface area contributed by atoms with Crippen LogP contribution in [0.3, 0.4) is 0 Å². The molecule has 0 spiro atoms. The van der Waals surface area contributed by atoms with E-state index in [0.29, 0.717) is 6.54 Å². The van der Waals surface area contributed by atoms with Gasteiger partial charge in [-0.15, -0.1) is 0 Å². The molecule has 0 atom stereocenters. The number of nitrogens with one attached hydrogen (secondary N) is 1. The zero-order valence-corrected chi connectivity index (χ0v) is 9.78. The minimum atomic E-state index is -2.97. The molecule has 1 saturated carbocycles. The molecule has 0 aliphatic heterocycles. The van der Waals surface area contributed by atoms with Crippen molar-refractivity contribution >= 4 is 10.0 Å². The maximum Gasteiger partial charge on any atom is 0.211 e. The molecule has 1 aliphatic carbocycles. The number of sulfonamides is 1. The van der Waals surface area contributed by atoms with E-state index in [1.807, 2.05) is 0 Å². The molecule has 1 rings (SSSR count). The van der Waals surface area contributed by atoms with E-state index in [4.69, 9.17) is 0 Å². The molecule has 14 heavy (non-hydrogen) atoms. The Kier molecular flexibility index (Phi) is 4.89. The van der Waals surface area contributed by atoms with Gasteiger partial charge in [-0.1, -0.05) is 32.1 Å². The van der Waals surface area contributed by atoms with Gasteiger partial charge >= 0.3 is 0 Å². The molecule has 4 heteroatoms. The normalized spacial score (nSPS) is 19.8. The molecule has 0 bridgehead atoms. The third-order valence-corrected chi connectivity index (χ3v) is 4.38. The second-order valence-electron chi connectivity index (χ2n) is 4.09. The zero-order chi connectivity index (χ0) is 10.4. The SMILES string of the molecule is CCS(=O)(=O)NCCC1CCCCC1. The average Bonchev–Trinajstić information content (AvgIpc) is 2.19. The van der Waals surface area contributed by atoms with Gasteiger partial charge in [0.2, 0.25) is 10.0 Å². The fourth-order valence-electron chi connectivity index (χ4n) is 2.00. The van der Waals surface area contributed by atoms with Gasteiger partial charge in [0.05, 0.1) is 5.75 Å². The summed E-state index contributed by atoms with van der Waals surface area (Å²) in [5.74, 6) is 0.945. The lowest BCUT2D eigenvalue weighted by atomic mass is 9.87. The molecule has 1 aliphatic rings. The first-order valence-electron chi connectivity index (χ1n) is 5.61. The highest BCUT2D eigenvalue weighted by Gasteiger charge is 2.14. The third kappa shape index (κ3) is 4.42. The van der Waals surface area contributed by atoms with Crippen molar-refractivity contribution in [1.82, 2.24) is 4.72 Å². The lowest BCUT2D eigenvalue weighted by molar-refractivity contribution is 0.340. The lowest BCUT2D eigenvalue weighted by Gasteiger charge is -2.21. The Morgan fingerprint density at radius 3 is 2.43 bits per heavy atom. The standard InChI is InChI=1S/C10H21NO2S/c1-2-14(12,13)11-9-8-10-6-4-3-5-7-10/h10-11H,2-9H2,1H3. The molecule has 0 aromatic rings. The van der Waals surface area contributed by atoms with Gasteiger partial charge in [0, 0.05) is 6.54 Å². The molecular formula is C10H21NO2S. The van der Waals surface area contributed by atoms with Crippen molar-refractivity contribution < 1.29 is 8.42 Å². The van der Waals surface area contributed by atoms with Crippen LogP contribution in [0.5, 0.6) is 0 Å². The van der Waals surface area contributed by atoms with Crippen molar-refractivity contribution in [2.45, 2.75) is 45.4 Å². The maximum atomic E-state index is 11.1. The van der Waals surface area contributed by atoms with E-state index >= 15 is 0 Å². The van der Waals surface area contributed by atoms with Gasteiger partial charge in [0.25, 0.3) is 0 Å². The summed E-state index contributed by atoms with van der Waals surface area (Å²) in [7, 11) is -2.97. The molecule has 0 aromatic carbocycles. The van der Waals surface area contributed by atoms with Crippen LogP contribution < -0.4 is 4.72 Å². The average molecular weight is 219 g/mol. The third-order valence-electron chi connectivity index (χ3n) is 2.98. The minimum absolute atomic E-state index is 0.192. The largest absolute Gasteiger partial charge is 0.215 e. The Hall–Kier alpha value is -0.0900. The van der Waals surface area contributed by atoms with Crippen LogP contribution in [0.2, 0.25) is 0 Å². The fourth-order valence-corrected chi connectivity index (χ4v) is 2.63. The van der Waals surface area contributed by atoms with E-state index in [1.54, 1.807) is 6.92 Å². The highest BCUT2D eigenvalue weighted by Crippen LogP contribution is 2.25. The summed E-state index contributed by atoms with van der Waals surface area (Å²) < 4.78 is 24.9. The highest BCUT2D eigenvalue weighted by atomic mass is 32.2. The quantitative estimate of drug-likeness (QED) is 0.767. The van der Waals surface area contributed by atoms with E-state index in [-0.39, 0.29) is 5.75 Å². The number of hydrogen-bond donors (Lipinski definition) is 1. The van der Waals surface area contributed by atoms with E-state index in [9.17, 15) is 8.42 Å². The van der Waals surface area contributed by atoms with E-state index in [2.05, 4.69) is 4.72 Å². The van der Waals surface area contributed by atoms with Gasteiger partial charge in [-0.25, -0.2) is 13.1 Å². The second-order valence-corrected chi connectivity index (χ2v) is 6.19. The zero-order valence-electron chi connectivity index (χ0n) is 8.96. The number of hydrogen-bond acceptors (Lipinski definition) is 2. The predicted molar refractivity (Wildman–Crippen MR) is 58.7 cm³/mol. The molecular weight excluding hydrogens is 198 g/mol. The van der Waals surface area contributed by atoms with Crippen LogP contribution in [-0.4, -0.2) is 20.7 Å². The van der Waals surface area contributed by atoms with E-state index in [0.717, 1.165) is 12.3 Å². The first-order chi connectivity index (χ1) is 6.64. The van der Waals surface area contributed by atoms with Crippen LogP contribution in [0, 0.1) is 5.92 Å². The summed E-state index contributed by atoms with van der Waals surface area (Å²) >= 11 is 0. The van der Waals surface area contributed by atoms with Crippen molar-refractivity contribution in [1.29, 1.82) is 0 Å². The molecule has 0 aromatic heterocycles. The van der Waals surface area contributed by atoms with E-state index < -0.39 is 10.0 Å². The van der Waals surface area contributed by atoms with Crippen LogP contribution in [0.25, 0.3) is 0 Å². The Morgan fingerprint density at radius 1 is 1.21 bits per heavy atom. The molecule has 1 N–H and O–H groups in total. The first-order valence-corrected chi connectivity index (χ1v) is 7.26. The van der Waals surface area contributed by atoms with Crippen molar-refractivity contribution in [3.05, 3.63) is 0 Å². The maximum absolute atomic E-state index is 11.1. The Morgan fingerprint density at radius 2 is 1.86 bits per heavy atom. The molecule has 0 heterocycles. The molecule has 84 valence electrons. The predicted octanol–water partition coefficient (Wildman–Crippen LogP) is 1.90. The molecule has 0 radical (unpaired) electrons. The first kappa shape index (κ1) is 12.0. The molecule has 1 fully saturated rings. The monoisotopic (exact) mass is 219 g/mol. The van der Waals surface area contributed by atoms with Crippen molar-refractivity contribution in [2.75, 3.05) is 12.3 Å². The Balaban J connectivity index is 2.14. The summed E-state index contributed by atoms with van der Waals surface area (Å²) in [6.07, 6.45) is 7.59. The van der Waals surface area contributed by atoms with E-state index in [1.165, 1.54) is 32.1 Å². The minimum Gasteiger partial charge on any atom is -0.215 e. The molecule has 0 amide bonds. The van der Waals surface area contributed by atoms with Gasteiger partial charge in [-0.05, 0) is 19.3 Å². The van der Waals surface area contributed by atoms with Crippen LogP contribution in [0.1, 0.15) is 45.4 Å². The van der Waals surface area contributed by atoms with Gasteiger partial charge in [0.15, 0.2) is 0 Å². The highest BCUT2D eigenvalue weighted by molar-refractivity contribution is 7.89.